The molecule has 0 aliphatic rings. The largest absolute Gasteiger partial charge is 0.479 e. The van der Waals surface area contributed by atoms with Crippen LogP contribution in [0.3, 0.4) is 0 Å². The summed E-state index contributed by atoms with van der Waals surface area (Å²) in [5, 5.41) is 15.5. The number of carboxylic acids is 1. The minimum atomic E-state index is -1.21. The number of nitrogens with one attached hydrogen (secondary N) is 1. The third kappa shape index (κ3) is 10.6. The molecule has 7 aromatic rings. The number of aromatic nitrogens is 1. The lowest BCUT2D eigenvalue weighted by molar-refractivity contribution is -0.164. The molecule has 8 nitrogen and oxygen atoms in total. The Kier molecular flexibility index (Phi) is 14.4. The van der Waals surface area contributed by atoms with Gasteiger partial charge in [-0.3, -0.25) is 4.79 Å². The number of esters is 1. The van der Waals surface area contributed by atoms with Crippen LogP contribution < -0.4 is 5.56 Å². The van der Waals surface area contributed by atoms with Gasteiger partial charge in [-0.15, -0.1) is 0 Å². The van der Waals surface area contributed by atoms with Crippen LogP contribution in [-0.2, 0) is 23.8 Å². The molecule has 63 heavy (non-hydrogen) atoms. The number of benzene rings is 6. The quantitative estimate of drug-likeness (QED) is 0.139. The zero-order valence-corrected chi connectivity index (χ0v) is 39.8. The third-order valence-electron chi connectivity index (χ3n) is 10.4. The maximum Gasteiger partial charge on any atom is 0.339 e. The number of ether oxygens (including phenoxy) is 3. The van der Waals surface area contributed by atoms with Crippen LogP contribution in [0.15, 0.2) is 125 Å². The Morgan fingerprint density at radius 3 is 1.44 bits per heavy atom. The molecule has 1 aromatic heterocycles. The maximum atomic E-state index is 12.8. The molecule has 2 atom stereocenters. The Balaban J connectivity index is 0.000000213. The molecule has 326 valence electrons. The number of rotatable bonds is 9. The molecule has 0 saturated carbocycles. The highest BCUT2D eigenvalue weighted by atomic mass is 79.9. The SMILES string of the molecule is COC(=O)C(OC(C)(C)C)c1c(C)c(Br)c2ccccc2c1-c1ccc(Cl)cc1.Cc1c(C(OC(C)(C)C)C(=O)O)c(-c2ccc(Cl)cc2)c2ccccc2c1-c1ccc(=O)[nH]c1. The van der Waals surface area contributed by atoms with E-state index < -0.39 is 35.3 Å². The fraction of sp³-hybridized carbons (Fsp3) is 0.250. The van der Waals surface area contributed by atoms with Crippen molar-refractivity contribution in [2.75, 3.05) is 7.11 Å². The van der Waals surface area contributed by atoms with Crippen molar-refractivity contribution in [3.8, 4) is 33.4 Å². The fourth-order valence-electron chi connectivity index (χ4n) is 7.85. The summed E-state index contributed by atoms with van der Waals surface area (Å²) in [6.45, 7) is 15.2. The van der Waals surface area contributed by atoms with Crippen LogP contribution >= 0.6 is 39.1 Å². The van der Waals surface area contributed by atoms with E-state index in [9.17, 15) is 19.5 Å². The smallest absolute Gasteiger partial charge is 0.339 e. The first kappa shape index (κ1) is 47.2. The summed E-state index contributed by atoms with van der Waals surface area (Å²) in [5.74, 6) is -1.50. The molecule has 1 heterocycles. The monoisotopic (exact) mass is 949 g/mol. The van der Waals surface area contributed by atoms with Crippen LogP contribution in [0, 0.1) is 13.8 Å². The average Bonchev–Trinajstić information content (AvgIpc) is 3.23. The van der Waals surface area contributed by atoms with Crippen LogP contribution in [0.4, 0.5) is 0 Å². The summed E-state index contributed by atoms with van der Waals surface area (Å²) in [6.07, 6.45) is -0.424. The summed E-state index contributed by atoms with van der Waals surface area (Å²) in [5.41, 5.74) is 6.80. The number of fused-ring (bicyclic) bond motifs is 2. The Morgan fingerprint density at radius 2 is 1.02 bits per heavy atom. The molecule has 0 amide bonds. The van der Waals surface area contributed by atoms with Gasteiger partial charge in [-0.05, 0) is 168 Å². The second-order valence-electron chi connectivity index (χ2n) is 17.1. The molecule has 0 bridgehead atoms. The number of carbonyl (C=O) groups is 2. The highest BCUT2D eigenvalue weighted by molar-refractivity contribution is 9.10. The van der Waals surface area contributed by atoms with Crippen LogP contribution in [0.5, 0.6) is 0 Å². The molecule has 0 fully saturated rings. The Hall–Kier alpha value is -5.29. The van der Waals surface area contributed by atoms with Gasteiger partial charge in [0.2, 0.25) is 5.56 Å². The minimum Gasteiger partial charge on any atom is -0.479 e. The Labute approximate surface area is 386 Å². The molecule has 0 aliphatic heterocycles. The van der Waals surface area contributed by atoms with Gasteiger partial charge in [0.25, 0.3) is 0 Å². The summed E-state index contributed by atoms with van der Waals surface area (Å²) in [6, 6.07) is 34.2. The number of hydrogen-bond acceptors (Lipinski definition) is 6. The first-order valence-electron chi connectivity index (χ1n) is 20.3. The van der Waals surface area contributed by atoms with Crippen LogP contribution in [-0.4, -0.2) is 40.3 Å². The van der Waals surface area contributed by atoms with Crippen LogP contribution in [0.2, 0.25) is 10.0 Å². The van der Waals surface area contributed by atoms with Crippen molar-refractivity contribution in [2.45, 2.75) is 78.8 Å². The van der Waals surface area contributed by atoms with E-state index in [-0.39, 0.29) is 5.56 Å². The van der Waals surface area contributed by atoms with Crippen molar-refractivity contribution in [2.24, 2.45) is 0 Å². The zero-order chi connectivity index (χ0) is 46.0. The van der Waals surface area contributed by atoms with Gasteiger partial charge >= 0.3 is 11.9 Å². The first-order valence-corrected chi connectivity index (χ1v) is 21.9. The van der Waals surface area contributed by atoms with E-state index in [1.807, 2.05) is 128 Å². The lowest BCUT2D eigenvalue weighted by atomic mass is 9.82. The summed E-state index contributed by atoms with van der Waals surface area (Å²) >= 11 is 16.0. The standard InChI is InChI=1S/C28H26ClNO4.C24H24BrClO3/c1-16-23(18-11-14-22(31)30-15-18)20-7-5-6-8-21(20)25(17-9-12-19(29)13-10-17)24(16)26(27(32)33)34-28(2,3)4;1-14-19(22(23(27)28-5)29-24(2,3)4)20(15-10-12-16(26)13-11-15)17-8-6-7-9-18(17)21(14)25/h5-15,26H,1-4H3,(H,30,31)(H,32,33);6-13,22H,1-5H3. The van der Waals surface area contributed by atoms with Gasteiger partial charge in [0.1, 0.15) is 0 Å². The van der Waals surface area contributed by atoms with E-state index in [1.165, 1.54) is 13.2 Å². The number of methoxy groups -OCH3 is 1. The maximum absolute atomic E-state index is 12.8. The third-order valence-corrected chi connectivity index (χ3v) is 11.9. The number of pyridine rings is 1. The molecule has 0 saturated heterocycles. The topological polar surface area (TPSA) is 115 Å². The molecule has 2 N–H and O–H groups in total. The zero-order valence-electron chi connectivity index (χ0n) is 36.7. The molecular weight excluding hydrogens is 901 g/mol. The van der Waals surface area contributed by atoms with Crippen LogP contribution in [0.1, 0.15) is 76.0 Å². The van der Waals surface area contributed by atoms with E-state index in [1.54, 1.807) is 24.4 Å². The Morgan fingerprint density at radius 1 is 0.603 bits per heavy atom. The summed E-state index contributed by atoms with van der Waals surface area (Å²) < 4.78 is 18.4. The first-order chi connectivity index (χ1) is 29.7. The summed E-state index contributed by atoms with van der Waals surface area (Å²) in [7, 11) is 1.38. The minimum absolute atomic E-state index is 0.205. The van der Waals surface area contributed by atoms with Crippen molar-refractivity contribution in [1.82, 2.24) is 4.98 Å². The van der Waals surface area contributed by atoms with Gasteiger partial charge < -0.3 is 24.3 Å². The van der Waals surface area contributed by atoms with Crippen molar-refractivity contribution in [3.05, 3.63) is 163 Å². The number of carbonyl (C=O) groups excluding carboxylic acids is 1. The van der Waals surface area contributed by atoms with Crippen LogP contribution in [0.25, 0.3) is 54.9 Å². The molecule has 0 spiro atoms. The summed E-state index contributed by atoms with van der Waals surface area (Å²) in [4.78, 5) is 39.9. The van der Waals surface area contributed by atoms with Gasteiger partial charge in [0.15, 0.2) is 12.2 Å². The fourth-order valence-corrected chi connectivity index (χ4v) is 8.67. The van der Waals surface area contributed by atoms with Crippen molar-refractivity contribution < 1.29 is 28.9 Å². The molecule has 11 heteroatoms. The molecule has 0 aliphatic carbocycles. The second-order valence-corrected chi connectivity index (χ2v) is 18.8. The van der Waals surface area contributed by atoms with Gasteiger partial charge in [-0.25, -0.2) is 9.59 Å². The number of H-pyrrole nitrogens is 1. The number of halogens is 3. The Bertz CT molecular complexity index is 2860. The van der Waals surface area contributed by atoms with E-state index in [0.717, 1.165) is 76.1 Å². The number of carboxylic acid groups (broad SMARTS) is 1. The molecular formula is C52H50BrCl2NO7. The van der Waals surface area contributed by atoms with Gasteiger partial charge in [-0.2, -0.15) is 0 Å². The highest BCUT2D eigenvalue weighted by Crippen LogP contribution is 2.47. The van der Waals surface area contributed by atoms with Crippen molar-refractivity contribution in [1.29, 1.82) is 0 Å². The predicted octanol–water partition coefficient (Wildman–Crippen LogP) is 14.0. The van der Waals surface area contributed by atoms with Gasteiger partial charge in [-0.1, -0.05) is 96.0 Å². The predicted molar refractivity (Wildman–Crippen MR) is 259 cm³/mol. The number of aliphatic carboxylic acids is 1. The second kappa shape index (κ2) is 19.2. The lowest BCUT2D eigenvalue weighted by Crippen LogP contribution is -2.29. The van der Waals surface area contributed by atoms with E-state index in [2.05, 4.69) is 33.0 Å². The van der Waals surface area contributed by atoms with Crippen molar-refractivity contribution >= 4 is 72.6 Å². The van der Waals surface area contributed by atoms with E-state index in [4.69, 9.17) is 37.4 Å². The molecule has 7 rings (SSSR count). The molecule has 2 unspecified atom stereocenters. The van der Waals surface area contributed by atoms with Gasteiger partial charge in [0.05, 0.1) is 18.3 Å². The average molecular weight is 952 g/mol. The molecule has 0 radical (unpaired) electrons. The van der Waals surface area contributed by atoms with E-state index >= 15 is 0 Å². The molecule has 6 aromatic carbocycles. The normalized spacial score (nSPS) is 12.7. The highest BCUT2D eigenvalue weighted by Gasteiger charge is 2.35. The van der Waals surface area contributed by atoms with E-state index in [0.29, 0.717) is 15.6 Å². The van der Waals surface area contributed by atoms with Crippen molar-refractivity contribution in [3.63, 3.8) is 0 Å². The number of aromatic amines is 1. The van der Waals surface area contributed by atoms with Gasteiger partial charge in [0, 0.05) is 37.9 Å². The lowest BCUT2D eigenvalue weighted by Gasteiger charge is -2.30. The number of hydrogen-bond donors (Lipinski definition) is 2.